The summed E-state index contributed by atoms with van der Waals surface area (Å²) in [5, 5.41) is 6.68. The zero-order chi connectivity index (χ0) is 15.4. The first-order chi connectivity index (χ1) is 10.1. The monoisotopic (exact) mass is 286 g/mol. The van der Waals surface area contributed by atoms with Crippen LogP contribution in [0.5, 0.6) is 0 Å². The summed E-state index contributed by atoms with van der Waals surface area (Å²) in [4.78, 5) is 11.9. The molecule has 1 heterocycles. The van der Waals surface area contributed by atoms with Crippen LogP contribution >= 0.6 is 0 Å². The smallest absolute Gasteiger partial charge is 0.152 e. The van der Waals surface area contributed by atoms with Gasteiger partial charge in [0.15, 0.2) is 5.78 Å². The molecular weight excluding hydrogens is 260 g/mol. The highest BCUT2D eigenvalue weighted by atomic mass is 16.1. The molecule has 2 aliphatic rings. The zero-order valence-corrected chi connectivity index (χ0v) is 13.4. The molecule has 0 aromatic carbocycles. The summed E-state index contributed by atoms with van der Waals surface area (Å²) in [5.41, 5.74) is 2.32. The van der Waals surface area contributed by atoms with Crippen LogP contribution in [0.2, 0.25) is 0 Å². The summed E-state index contributed by atoms with van der Waals surface area (Å²) in [5.74, 6) is 1.16. The van der Waals surface area contributed by atoms with Gasteiger partial charge in [0.25, 0.3) is 0 Å². The normalized spacial score (nSPS) is 34.9. The minimum atomic E-state index is -0.0886. The van der Waals surface area contributed by atoms with Crippen molar-refractivity contribution in [2.45, 2.75) is 33.2 Å². The lowest BCUT2D eigenvalue weighted by atomic mass is 9.72. The van der Waals surface area contributed by atoms with Gasteiger partial charge in [-0.1, -0.05) is 37.3 Å². The van der Waals surface area contributed by atoms with Gasteiger partial charge in [-0.2, -0.15) is 0 Å². The number of carbonyl (C=O) groups excluding carboxylic acids is 1. The van der Waals surface area contributed by atoms with Crippen LogP contribution in [0.1, 0.15) is 27.2 Å². The van der Waals surface area contributed by atoms with Gasteiger partial charge in [-0.05, 0) is 38.2 Å². The Morgan fingerprint density at radius 2 is 2.19 bits per heavy atom. The molecule has 21 heavy (non-hydrogen) atoms. The van der Waals surface area contributed by atoms with Gasteiger partial charge >= 0.3 is 0 Å². The van der Waals surface area contributed by atoms with E-state index < -0.39 is 0 Å². The van der Waals surface area contributed by atoms with Gasteiger partial charge in [-0.3, -0.25) is 4.79 Å². The number of nitrogens with one attached hydrogen (secondary N) is 2. The van der Waals surface area contributed by atoms with E-state index in [1.165, 1.54) is 5.70 Å². The topological polar surface area (TPSA) is 41.1 Å². The fourth-order valence-electron chi connectivity index (χ4n) is 3.35. The number of piperidine rings is 1. The maximum atomic E-state index is 11.9. The van der Waals surface area contributed by atoms with Gasteiger partial charge in [-0.15, -0.1) is 0 Å². The Morgan fingerprint density at radius 3 is 2.81 bits per heavy atom. The minimum absolute atomic E-state index is 0.0886. The third-order valence-electron chi connectivity index (χ3n) is 4.53. The number of Topliss-reactive ketones (excluding diaryl/α,β-unsaturated/α-hetero) is 1. The highest BCUT2D eigenvalue weighted by Gasteiger charge is 2.38. The largest absolute Gasteiger partial charge is 0.388 e. The van der Waals surface area contributed by atoms with Crippen molar-refractivity contribution in [3.8, 4) is 0 Å². The molecule has 0 aromatic rings. The van der Waals surface area contributed by atoms with Crippen molar-refractivity contribution < 1.29 is 4.79 Å². The van der Waals surface area contributed by atoms with Crippen molar-refractivity contribution in [2.24, 2.45) is 17.8 Å². The van der Waals surface area contributed by atoms with Gasteiger partial charge in [0.1, 0.15) is 0 Å². The van der Waals surface area contributed by atoms with E-state index in [0.29, 0.717) is 11.8 Å². The maximum absolute atomic E-state index is 11.9. The second-order valence-electron chi connectivity index (χ2n) is 5.88. The Balaban J connectivity index is 2.39. The Morgan fingerprint density at radius 1 is 1.43 bits per heavy atom. The highest BCUT2D eigenvalue weighted by Crippen LogP contribution is 2.37. The third kappa shape index (κ3) is 3.29. The summed E-state index contributed by atoms with van der Waals surface area (Å²) in [6.07, 6.45) is 14.0. The fourth-order valence-corrected chi connectivity index (χ4v) is 3.35. The minimum Gasteiger partial charge on any atom is -0.388 e. The van der Waals surface area contributed by atoms with Crippen molar-refractivity contribution in [3.05, 3.63) is 47.9 Å². The van der Waals surface area contributed by atoms with Gasteiger partial charge in [-0.25, -0.2) is 0 Å². The van der Waals surface area contributed by atoms with Crippen molar-refractivity contribution in [1.29, 1.82) is 0 Å². The van der Waals surface area contributed by atoms with E-state index >= 15 is 0 Å². The zero-order valence-electron chi connectivity index (χ0n) is 13.4. The standard InChI is InChI=1S/C18H26N2O/c1-5-7-15-12(2)18(13(3)21)20-17-9-6-8-14(19-4)10-11-16(15)17/h5,7-12,15-16,18-20H,6H2,1-4H3/b7-5-,11-10?,14-8+,17-9?. The van der Waals surface area contributed by atoms with Gasteiger partial charge in [0.05, 0.1) is 6.04 Å². The molecule has 1 saturated heterocycles. The molecule has 3 heteroatoms. The third-order valence-corrected chi connectivity index (χ3v) is 4.53. The lowest BCUT2D eigenvalue weighted by Gasteiger charge is -2.41. The Hall–Kier alpha value is -1.77. The molecule has 1 fully saturated rings. The Labute approximate surface area is 127 Å². The predicted octanol–water partition coefficient (Wildman–Crippen LogP) is 2.94. The van der Waals surface area contributed by atoms with E-state index in [1.807, 2.05) is 14.0 Å². The van der Waals surface area contributed by atoms with E-state index in [-0.39, 0.29) is 17.7 Å². The lowest BCUT2D eigenvalue weighted by Crippen LogP contribution is -2.50. The SMILES string of the molecule is C/C=C\C1C2C=C/C(NC)=C\CC=C2NC(C(C)=O)C1C. The number of carbonyl (C=O) groups is 1. The van der Waals surface area contributed by atoms with Crippen LogP contribution in [0.25, 0.3) is 0 Å². The van der Waals surface area contributed by atoms with E-state index in [2.05, 4.69) is 54.0 Å². The quantitative estimate of drug-likeness (QED) is 0.784. The van der Waals surface area contributed by atoms with Crippen molar-refractivity contribution in [1.82, 2.24) is 10.6 Å². The summed E-state index contributed by atoms with van der Waals surface area (Å²) >= 11 is 0. The molecule has 4 unspecified atom stereocenters. The van der Waals surface area contributed by atoms with Crippen LogP contribution in [0.3, 0.4) is 0 Å². The van der Waals surface area contributed by atoms with Gasteiger partial charge in [0, 0.05) is 24.4 Å². The molecule has 0 radical (unpaired) electrons. The number of ketones is 1. The van der Waals surface area contributed by atoms with E-state index in [1.54, 1.807) is 6.92 Å². The molecule has 1 aliphatic heterocycles. The fraction of sp³-hybridized carbons (Fsp3) is 0.500. The van der Waals surface area contributed by atoms with E-state index in [9.17, 15) is 4.79 Å². The summed E-state index contributed by atoms with van der Waals surface area (Å²) in [6, 6.07) is -0.0886. The first-order valence-corrected chi connectivity index (χ1v) is 7.74. The van der Waals surface area contributed by atoms with Gasteiger partial charge < -0.3 is 10.6 Å². The number of rotatable bonds is 3. The number of hydrogen-bond acceptors (Lipinski definition) is 3. The van der Waals surface area contributed by atoms with Crippen molar-refractivity contribution in [3.63, 3.8) is 0 Å². The summed E-state index contributed by atoms with van der Waals surface area (Å²) in [6.45, 7) is 5.90. The lowest BCUT2D eigenvalue weighted by molar-refractivity contribution is -0.120. The number of likely N-dealkylation sites (N-methyl/N-ethyl adjacent to an activating group) is 1. The maximum Gasteiger partial charge on any atom is 0.152 e. The molecule has 1 aliphatic carbocycles. The van der Waals surface area contributed by atoms with Crippen LogP contribution < -0.4 is 10.6 Å². The van der Waals surface area contributed by atoms with E-state index in [4.69, 9.17) is 0 Å². The molecule has 114 valence electrons. The van der Waals surface area contributed by atoms with E-state index in [0.717, 1.165) is 12.1 Å². The van der Waals surface area contributed by atoms with Crippen molar-refractivity contribution >= 4 is 5.78 Å². The first-order valence-electron chi connectivity index (χ1n) is 7.74. The molecule has 2 N–H and O–H groups in total. The van der Waals surface area contributed by atoms with Gasteiger partial charge in [0.2, 0.25) is 0 Å². The second-order valence-corrected chi connectivity index (χ2v) is 5.88. The number of allylic oxidation sites excluding steroid dienone is 6. The molecule has 0 spiro atoms. The van der Waals surface area contributed by atoms with Crippen LogP contribution in [-0.2, 0) is 4.79 Å². The predicted molar refractivity (Wildman–Crippen MR) is 87.5 cm³/mol. The van der Waals surface area contributed by atoms with Crippen LogP contribution in [0, 0.1) is 17.8 Å². The molecule has 2 rings (SSSR count). The molecular formula is C18H26N2O. The molecule has 3 nitrogen and oxygen atoms in total. The average Bonchev–Trinajstić information content (AvgIpc) is 2.43. The molecule has 0 aromatic heterocycles. The molecule has 0 bridgehead atoms. The molecule has 0 saturated carbocycles. The molecule has 4 atom stereocenters. The number of hydrogen-bond donors (Lipinski definition) is 2. The molecule has 0 amide bonds. The van der Waals surface area contributed by atoms with Crippen LogP contribution in [0.15, 0.2) is 47.9 Å². The van der Waals surface area contributed by atoms with Crippen LogP contribution in [-0.4, -0.2) is 18.9 Å². The highest BCUT2D eigenvalue weighted by molar-refractivity contribution is 5.82. The first kappa shape index (κ1) is 15.6. The summed E-state index contributed by atoms with van der Waals surface area (Å²) in [7, 11) is 1.94. The number of fused-ring (bicyclic) bond motifs is 1. The summed E-state index contributed by atoms with van der Waals surface area (Å²) < 4.78 is 0. The van der Waals surface area contributed by atoms with Crippen LogP contribution in [0.4, 0.5) is 0 Å². The average molecular weight is 286 g/mol. The second kappa shape index (κ2) is 6.79. The van der Waals surface area contributed by atoms with Crippen molar-refractivity contribution in [2.75, 3.05) is 7.05 Å². The Kier molecular flexibility index (Phi) is 5.05. The Bertz CT molecular complexity index is 513.